The van der Waals surface area contributed by atoms with Crippen LogP contribution in [0.2, 0.25) is 0 Å². The second-order valence-electron chi connectivity index (χ2n) is 10.5. The fraction of sp³-hybridized carbons (Fsp3) is 0. The van der Waals surface area contributed by atoms with E-state index in [1.165, 1.54) is 16.3 Å². The number of hydrogen-bond acceptors (Lipinski definition) is 3. The molecule has 9 rings (SSSR count). The van der Waals surface area contributed by atoms with E-state index >= 15 is 0 Å². The summed E-state index contributed by atoms with van der Waals surface area (Å²) in [5, 5.41) is 5.61. The number of nitrogens with zero attached hydrogens (tertiary/aromatic N) is 1. The van der Waals surface area contributed by atoms with Crippen molar-refractivity contribution in [3.8, 4) is 39.8 Å². The molecule has 0 fully saturated rings. The molecule has 194 valence electrons. The maximum atomic E-state index is 6.75. The van der Waals surface area contributed by atoms with Gasteiger partial charge in [0.1, 0.15) is 23.0 Å². The first-order valence-electron chi connectivity index (χ1n) is 13.6. The Kier molecular flexibility index (Phi) is 4.76. The van der Waals surface area contributed by atoms with Crippen molar-refractivity contribution in [2.24, 2.45) is 0 Å². The van der Waals surface area contributed by atoms with Crippen molar-refractivity contribution in [2.75, 3.05) is 0 Å². The molecule has 0 amide bonds. The maximum absolute atomic E-state index is 6.75. The fourth-order valence-corrected chi connectivity index (χ4v) is 11.0. The van der Waals surface area contributed by atoms with Crippen LogP contribution in [0.25, 0.3) is 38.6 Å². The average molecular weight is 564 g/mol. The summed E-state index contributed by atoms with van der Waals surface area (Å²) in [5.74, 6) is 3.27. The van der Waals surface area contributed by atoms with Crippen molar-refractivity contribution >= 4 is 55.6 Å². The first-order chi connectivity index (χ1) is 20.2. The molecule has 3 nitrogen and oxygen atoms in total. The average Bonchev–Trinajstić information content (AvgIpc) is 3.35. The quantitative estimate of drug-likeness (QED) is 0.197. The molecule has 0 unspecified atom stereocenters. The highest BCUT2D eigenvalue weighted by Crippen LogP contribution is 2.60. The van der Waals surface area contributed by atoms with Crippen LogP contribution in [0.1, 0.15) is 0 Å². The Bertz CT molecular complexity index is 2240. The molecule has 0 aliphatic carbocycles. The number of rotatable bonds is 2. The highest BCUT2D eigenvalue weighted by molar-refractivity contribution is 8.26. The van der Waals surface area contributed by atoms with Crippen molar-refractivity contribution in [3.63, 3.8) is 0 Å². The summed E-state index contributed by atoms with van der Waals surface area (Å²) >= 11 is 6.72. The lowest BCUT2D eigenvalue weighted by molar-refractivity contribution is 0.467. The molecule has 2 aliphatic rings. The van der Waals surface area contributed by atoms with E-state index < -0.39 is 6.04 Å². The van der Waals surface area contributed by atoms with Gasteiger partial charge in [0.05, 0.1) is 22.4 Å². The first kappa shape index (κ1) is 23.1. The lowest BCUT2D eigenvalue weighted by Gasteiger charge is -2.38. The van der Waals surface area contributed by atoms with Crippen LogP contribution in [0.15, 0.2) is 133 Å². The molecule has 0 saturated carbocycles. The van der Waals surface area contributed by atoms with Crippen molar-refractivity contribution in [1.29, 1.82) is 0 Å². The molecule has 1 aromatic heterocycles. The van der Waals surface area contributed by atoms with Gasteiger partial charge in [-0.05, 0) is 66.2 Å². The molecular weight excluding hydrogens is 541 g/mol. The summed E-state index contributed by atoms with van der Waals surface area (Å²) in [5.41, 5.74) is 5.56. The van der Waals surface area contributed by atoms with E-state index in [2.05, 4.69) is 114 Å². The van der Waals surface area contributed by atoms with Gasteiger partial charge in [0.25, 0.3) is 0 Å². The number of benzene rings is 6. The molecule has 41 heavy (non-hydrogen) atoms. The summed E-state index contributed by atoms with van der Waals surface area (Å²) in [6, 6.07) is 44.1. The predicted molar refractivity (Wildman–Crippen MR) is 172 cm³/mol. The Morgan fingerprint density at radius 1 is 0.537 bits per heavy atom. The SMILES string of the molecule is S=[P@]12c3ccccc3Oc3ccc(-c4ccc5c6ccccc6n(-c6ccccc6)c5c4)c(c31)Oc1ccccc12. The molecule has 0 N–H and O–H groups in total. The van der Waals surface area contributed by atoms with Gasteiger partial charge in [-0.2, -0.15) is 0 Å². The van der Waals surface area contributed by atoms with Gasteiger partial charge in [-0.3, -0.25) is 0 Å². The van der Waals surface area contributed by atoms with Crippen molar-refractivity contribution < 1.29 is 9.47 Å². The third-order valence-electron chi connectivity index (χ3n) is 8.25. The smallest absolute Gasteiger partial charge is 0.148 e. The van der Waals surface area contributed by atoms with Crippen LogP contribution < -0.4 is 25.4 Å². The zero-order valence-corrected chi connectivity index (χ0v) is 23.5. The van der Waals surface area contributed by atoms with Gasteiger partial charge in [0.2, 0.25) is 0 Å². The third kappa shape index (κ3) is 3.12. The Morgan fingerprint density at radius 3 is 2.00 bits per heavy atom. The Hall–Kier alpha value is -4.63. The number of fused-ring (bicyclic) bond motifs is 7. The standard InChI is InChI=1S/C36H22NO2PS/c41-40-33-16-8-6-14-30(33)38-32-21-20-25(35(36(32)40)39-31-15-7-9-17-34(31)40)23-18-19-27-26-12-4-5-13-28(26)37(29(27)22-23)24-10-2-1-3-11-24/h1-22H/t40-/m0/s1. The fourth-order valence-electron chi connectivity index (χ4n) is 6.46. The van der Waals surface area contributed by atoms with Gasteiger partial charge in [-0.1, -0.05) is 84.6 Å². The van der Waals surface area contributed by atoms with Crippen LogP contribution in [-0.2, 0) is 11.8 Å². The zero-order chi connectivity index (χ0) is 27.1. The normalized spacial score (nSPS) is 16.4. The second-order valence-corrected chi connectivity index (χ2v) is 14.7. The lowest BCUT2D eigenvalue weighted by atomic mass is 10.0. The van der Waals surface area contributed by atoms with Crippen LogP contribution in [0, 0.1) is 0 Å². The van der Waals surface area contributed by atoms with Crippen LogP contribution in [0.3, 0.4) is 0 Å². The van der Waals surface area contributed by atoms with Crippen LogP contribution in [0.4, 0.5) is 0 Å². The molecular formula is C36H22NO2PS. The van der Waals surface area contributed by atoms with E-state index in [-0.39, 0.29) is 0 Å². The van der Waals surface area contributed by atoms with E-state index in [4.69, 9.17) is 21.3 Å². The number of aromatic nitrogens is 1. The van der Waals surface area contributed by atoms with E-state index in [1.807, 2.05) is 24.3 Å². The molecule has 6 aromatic carbocycles. The second kappa shape index (κ2) is 8.44. The highest BCUT2D eigenvalue weighted by atomic mass is 32.4. The molecule has 0 spiro atoms. The largest absolute Gasteiger partial charge is 0.456 e. The van der Waals surface area contributed by atoms with Gasteiger partial charge in [-0.25, -0.2) is 0 Å². The van der Waals surface area contributed by atoms with Gasteiger partial charge >= 0.3 is 0 Å². The van der Waals surface area contributed by atoms with Crippen molar-refractivity contribution in [1.82, 2.24) is 4.57 Å². The minimum Gasteiger partial charge on any atom is -0.456 e. The lowest BCUT2D eigenvalue weighted by Crippen LogP contribution is -2.35. The summed E-state index contributed by atoms with van der Waals surface area (Å²) in [6.07, 6.45) is 0. The molecule has 1 atom stereocenters. The highest BCUT2D eigenvalue weighted by Gasteiger charge is 2.43. The van der Waals surface area contributed by atoms with Gasteiger partial charge in [0.15, 0.2) is 0 Å². The molecule has 3 heterocycles. The molecule has 2 aliphatic heterocycles. The zero-order valence-electron chi connectivity index (χ0n) is 21.8. The molecule has 5 heteroatoms. The van der Waals surface area contributed by atoms with E-state index in [9.17, 15) is 0 Å². The maximum Gasteiger partial charge on any atom is 0.148 e. The third-order valence-corrected chi connectivity index (χ3v) is 13.1. The molecule has 7 aromatic rings. The summed E-state index contributed by atoms with van der Waals surface area (Å²) in [6.45, 7) is 0. The van der Waals surface area contributed by atoms with E-state index in [0.29, 0.717) is 0 Å². The summed E-state index contributed by atoms with van der Waals surface area (Å²) in [7, 11) is 0. The number of hydrogen-bond donors (Lipinski definition) is 0. The van der Waals surface area contributed by atoms with Gasteiger partial charge < -0.3 is 14.0 Å². The van der Waals surface area contributed by atoms with Crippen molar-refractivity contribution in [2.45, 2.75) is 0 Å². The minimum absolute atomic E-state index is 0.791. The number of ether oxygens (including phenoxy) is 2. The van der Waals surface area contributed by atoms with Gasteiger partial charge in [-0.15, -0.1) is 0 Å². The topological polar surface area (TPSA) is 23.4 Å². The summed E-state index contributed by atoms with van der Waals surface area (Å²) < 4.78 is 15.6. The Labute approximate surface area is 242 Å². The van der Waals surface area contributed by atoms with Crippen LogP contribution in [0.5, 0.6) is 23.0 Å². The number of para-hydroxylation sites is 4. The van der Waals surface area contributed by atoms with E-state index in [0.717, 1.165) is 61.2 Å². The van der Waals surface area contributed by atoms with Gasteiger partial charge in [0, 0.05) is 32.6 Å². The monoisotopic (exact) mass is 563 g/mol. The van der Waals surface area contributed by atoms with E-state index in [1.54, 1.807) is 0 Å². The first-order valence-corrected chi connectivity index (χ1v) is 16.4. The van der Waals surface area contributed by atoms with Crippen LogP contribution in [-0.4, -0.2) is 4.57 Å². The molecule has 0 bridgehead atoms. The van der Waals surface area contributed by atoms with Crippen LogP contribution >= 0.6 is 6.04 Å². The minimum atomic E-state index is -2.41. The molecule has 0 radical (unpaired) electrons. The van der Waals surface area contributed by atoms with Crippen molar-refractivity contribution in [3.05, 3.63) is 133 Å². The Balaban J connectivity index is 1.34. The molecule has 0 saturated heterocycles. The predicted octanol–water partition coefficient (Wildman–Crippen LogP) is 8.42. The summed E-state index contributed by atoms with van der Waals surface area (Å²) in [4.78, 5) is 0. The Morgan fingerprint density at radius 2 is 1.20 bits per heavy atom.